The first-order valence-electron chi connectivity index (χ1n) is 5.10. The number of hydrogen-bond donors (Lipinski definition) is 2. The number of aromatic nitrogens is 2. The van der Waals surface area contributed by atoms with Gasteiger partial charge in [-0.25, -0.2) is 4.79 Å². The van der Waals surface area contributed by atoms with Gasteiger partial charge in [-0.15, -0.1) is 11.3 Å². The second kappa shape index (κ2) is 5.01. The summed E-state index contributed by atoms with van der Waals surface area (Å²) in [5, 5.41) is 1.77. The number of rotatable bonds is 4. The van der Waals surface area contributed by atoms with E-state index in [4.69, 9.17) is 4.74 Å². The van der Waals surface area contributed by atoms with E-state index < -0.39 is 11.7 Å². The third-order valence-corrected chi connectivity index (χ3v) is 3.07. The van der Waals surface area contributed by atoms with Crippen molar-refractivity contribution in [2.24, 2.45) is 0 Å². The average Bonchev–Trinajstić information content (AvgIpc) is 2.94. The Hall–Kier alpha value is -2.15. The first kappa shape index (κ1) is 12.3. The van der Waals surface area contributed by atoms with E-state index >= 15 is 0 Å². The fourth-order valence-corrected chi connectivity index (χ4v) is 2.10. The molecule has 0 aliphatic carbocycles. The van der Waals surface area contributed by atoms with Crippen molar-refractivity contribution in [2.75, 3.05) is 0 Å². The fourth-order valence-electron chi connectivity index (χ4n) is 1.43. The molecular weight excluding hydrogens is 256 g/mol. The van der Waals surface area contributed by atoms with E-state index in [2.05, 4.69) is 9.97 Å². The summed E-state index contributed by atoms with van der Waals surface area (Å²) in [6, 6.07) is 3.41. The van der Waals surface area contributed by atoms with E-state index in [1.165, 1.54) is 18.3 Å². The van der Waals surface area contributed by atoms with Crippen LogP contribution >= 0.6 is 11.3 Å². The predicted octanol–water partition coefficient (Wildman–Crippen LogP) is 1.06. The molecule has 0 unspecified atom stereocenters. The summed E-state index contributed by atoms with van der Waals surface area (Å²) in [6.07, 6.45) is 0. The highest BCUT2D eigenvalue weighted by Crippen LogP contribution is 2.15. The lowest BCUT2D eigenvalue weighted by Crippen LogP contribution is -2.07. The van der Waals surface area contributed by atoms with E-state index in [-0.39, 0.29) is 23.8 Å². The topological polar surface area (TPSA) is 92.0 Å². The van der Waals surface area contributed by atoms with Gasteiger partial charge >= 0.3 is 11.7 Å². The predicted molar refractivity (Wildman–Crippen MR) is 64.6 cm³/mol. The molecule has 0 fully saturated rings. The minimum Gasteiger partial charge on any atom is -0.459 e. The van der Waals surface area contributed by atoms with Gasteiger partial charge in [-0.1, -0.05) is 6.07 Å². The molecule has 2 aromatic heterocycles. The number of ketones is 1. The quantitative estimate of drug-likeness (QED) is 0.639. The summed E-state index contributed by atoms with van der Waals surface area (Å²) in [6.45, 7) is 1.12. The lowest BCUT2D eigenvalue weighted by Gasteiger charge is -2.01. The Balaban J connectivity index is 2.30. The van der Waals surface area contributed by atoms with Crippen molar-refractivity contribution in [3.63, 3.8) is 0 Å². The smallest absolute Gasteiger partial charge is 0.323 e. The second-order valence-corrected chi connectivity index (χ2v) is 4.47. The number of thiophene rings is 1. The van der Waals surface area contributed by atoms with Gasteiger partial charge in [0.2, 0.25) is 5.78 Å². The Morgan fingerprint density at radius 2 is 2.17 bits per heavy atom. The van der Waals surface area contributed by atoms with E-state index in [9.17, 15) is 14.4 Å². The first-order chi connectivity index (χ1) is 8.58. The van der Waals surface area contributed by atoms with Crippen LogP contribution in [0.4, 0.5) is 0 Å². The number of imidazole rings is 1. The van der Waals surface area contributed by atoms with Crippen LogP contribution in [0.5, 0.6) is 0 Å². The molecule has 2 heterocycles. The Morgan fingerprint density at radius 1 is 1.39 bits per heavy atom. The lowest BCUT2D eigenvalue weighted by atomic mass is 10.2. The normalized spacial score (nSPS) is 10.3. The van der Waals surface area contributed by atoms with E-state index in [0.717, 1.165) is 0 Å². The number of H-pyrrole nitrogens is 2. The Kier molecular flexibility index (Phi) is 3.42. The molecule has 2 rings (SSSR count). The van der Waals surface area contributed by atoms with Gasteiger partial charge in [0.25, 0.3) is 0 Å². The van der Waals surface area contributed by atoms with Crippen LogP contribution in [0, 0.1) is 0 Å². The molecule has 0 spiro atoms. The molecule has 2 aromatic rings. The highest BCUT2D eigenvalue weighted by Gasteiger charge is 2.18. The minimum atomic E-state index is -0.503. The summed E-state index contributed by atoms with van der Waals surface area (Å²) in [7, 11) is 0. The molecular formula is C11H10N2O4S. The van der Waals surface area contributed by atoms with Crippen LogP contribution < -0.4 is 5.69 Å². The molecule has 0 aliphatic heterocycles. The van der Waals surface area contributed by atoms with Gasteiger partial charge in [0, 0.05) is 6.92 Å². The zero-order valence-corrected chi connectivity index (χ0v) is 10.3. The van der Waals surface area contributed by atoms with E-state index in [1.807, 2.05) is 0 Å². The maximum atomic E-state index is 12.1. The molecule has 0 amide bonds. The molecule has 18 heavy (non-hydrogen) atoms. The van der Waals surface area contributed by atoms with E-state index in [1.54, 1.807) is 17.5 Å². The van der Waals surface area contributed by atoms with Crippen LogP contribution in [0.15, 0.2) is 22.3 Å². The summed E-state index contributed by atoms with van der Waals surface area (Å²) in [5.41, 5.74) is -0.102. The monoisotopic (exact) mass is 266 g/mol. The number of nitrogens with one attached hydrogen (secondary N) is 2. The summed E-state index contributed by atoms with van der Waals surface area (Å²) in [4.78, 5) is 39.4. The van der Waals surface area contributed by atoms with Crippen LogP contribution in [0.2, 0.25) is 0 Å². The highest BCUT2D eigenvalue weighted by molar-refractivity contribution is 7.12. The maximum absolute atomic E-state index is 12.1. The number of aromatic amines is 2. The standard InChI is InChI=1S/C11H10N2O4S/c1-6(14)17-5-7-9(13-11(16)12-7)10(15)8-3-2-4-18-8/h2-4H,5H2,1H3,(H2,12,13,16). The molecule has 6 nitrogen and oxygen atoms in total. The van der Waals surface area contributed by atoms with Crippen molar-refractivity contribution in [3.8, 4) is 0 Å². The zero-order valence-electron chi connectivity index (χ0n) is 9.48. The first-order valence-corrected chi connectivity index (χ1v) is 5.98. The minimum absolute atomic E-state index is 0.128. The molecule has 0 aromatic carbocycles. The highest BCUT2D eigenvalue weighted by atomic mass is 32.1. The summed E-state index contributed by atoms with van der Waals surface area (Å²) >= 11 is 1.27. The van der Waals surface area contributed by atoms with Gasteiger partial charge in [0.05, 0.1) is 10.6 Å². The molecule has 2 N–H and O–H groups in total. The molecule has 0 radical (unpaired) electrons. The van der Waals surface area contributed by atoms with Crippen molar-refractivity contribution in [2.45, 2.75) is 13.5 Å². The van der Waals surface area contributed by atoms with Gasteiger partial charge in [0.15, 0.2) is 0 Å². The Bertz CT molecular complexity index is 624. The van der Waals surface area contributed by atoms with Crippen LogP contribution in [-0.2, 0) is 16.1 Å². The van der Waals surface area contributed by atoms with Crippen LogP contribution in [-0.4, -0.2) is 21.7 Å². The zero-order chi connectivity index (χ0) is 13.1. The van der Waals surface area contributed by atoms with Crippen molar-refractivity contribution in [3.05, 3.63) is 44.3 Å². The molecule has 0 atom stereocenters. The van der Waals surface area contributed by atoms with Gasteiger partial charge in [-0.3, -0.25) is 9.59 Å². The molecule has 0 bridgehead atoms. The van der Waals surface area contributed by atoms with Crippen molar-refractivity contribution in [1.29, 1.82) is 0 Å². The maximum Gasteiger partial charge on any atom is 0.323 e. The molecule has 0 saturated heterocycles. The van der Waals surface area contributed by atoms with Crippen LogP contribution in [0.25, 0.3) is 0 Å². The van der Waals surface area contributed by atoms with Gasteiger partial charge in [0.1, 0.15) is 12.3 Å². The van der Waals surface area contributed by atoms with E-state index in [0.29, 0.717) is 4.88 Å². The third-order valence-electron chi connectivity index (χ3n) is 2.20. The van der Waals surface area contributed by atoms with Crippen molar-refractivity contribution >= 4 is 23.1 Å². The molecule has 94 valence electrons. The molecule has 0 aliphatic rings. The lowest BCUT2D eigenvalue weighted by molar-refractivity contribution is -0.142. The van der Waals surface area contributed by atoms with Crippen molar-refractivity contribution < 1.29 is 14.3 Å². The number of hydrogen-bond acceptors (Lipinski definition) is 5. The number of ether oxygens (including phenoxy) is 1. The summed E-state index contributed by atoms with van der Waals surface area (Å²) < 4.78 is 4.77. The number of carbonyl (C=O) groups excluding carboxylic acids is 2. The fraction of sp³-hybridized carbons (Fsp3) is 0.182. The second-order valence-electron chi connectivity index (χ2n) is 3.52. The Labute approximate surface area is 106 Å². The van der Waals surface area contributed by atoms with Crippen LogP contribution in [0.1, 0.15) is 28.0 Å². The van der Waals surface area contributed by atoms with Gasteiger partial charge < -0.3 is 14.7 Å². The van der Waals surface area contributed by atoms with Crippen LogP contribution in [0.3, 0.4) is 0 Å². The SMILES string of the molecule is CC(=O)OCc1[nH]c(=O)[nH]c1C(=O)c1cccs1. The summed E-state index contributed by atoms with van der Waals surface area (Å²) in [5.74, 6) is -0.780. The largest absolute Gasteiger partial charge is 0.459 e. The van der Waals surface area contributed by atoms with Gasteiger partial charge in [-0.05, 0) is 11.4 Å². The van der Waals surface area contributed by atoms with Crippen molar-refractivity contribution in [1.82, 2.24) is 9.97 Å². The molecule has 0 saturated carbocycles. The molecule has 7 heteroatoms. The number of esters is 1. The van der Waals surface area contributed by atoms with Gasteiger partial charge in [-0.2, -0.15) is 0 Å². The number of carbonyl (C=O) groups is 2. The third kappa shape index (κ3) is 2.57. The Morgan fingerprint density at radius 3 is 2.78 bits per heavy atom. The average molecular weight is 266 g/mol.